The minimum absolute atomic E-state index is 0.574. The molecule has 0 unspecified atom stereocenters. The molecule has 0 atom stereocenters. The molecule has 2 rings (SSSR count). The molecule has 2 aliphatic rings. The molecule has 124 valence electrons. The third-order valence-corrected chi connectivity index (χ3v) is 5.88. The lowest BCUT2D eigenvalue weighted by molar-refractivity contribution is 0.0935. The summed E-state index contributed by atoms with van der Waals surface area (Å²) in [6, 6.07) is 0. The second-order valence-corrected chi connectivity index (χ2v) is 7.70. The third kappa shape index (κ3) is 5.56. The van der Waals surface area contributed by atoms with E-state index in [2.05, 4.69) is 24.1 Å². The monoisotopic (exact) mass is 294 g/mol. The van der Waals surface area contributed by atoms with Crippen LogP contribution in [0, 0.1) is 11.3 Å². The minimum Gasteiger partial charge on any atom is -0.316 e. The topological polar surface area (TPSA) is 15.3 Å². The van der Waals surface area contributed by atoms with Crippen molar-refractivity contribution in [2.24, 2.45) is 11.3 Å². The number of nitrogens with one attached hydrogen (secondary N) is 1. The molecule has 0 aromatic carbocycles. The van der Waals surface area contributed by atoms with Gasteiger partial charge in [-0.3, -0.25) is 0 Å². The van der Waals surface area contributed by atoms with Gasteiger partial charge in [-0.2, -0.15) is 0 Å². The van der Waals surface area contributed by atoms with Crippen LogP contribution in [0.4, 0.5) is 0 Å². The van der Waals surface area contributed by atoms with E-state index in [4.69, 9.17) is 0 Å². The van der Waals surface area contributed by atoms with Crippen LogP contribution in [0.15, 0.2) is 0 Å². The molecule has 0 radical (unpaired) electrons. The number of piperidine rings is 1. The van der Waals surface area contributed by atoms with Crippen molar-refractivity contribution in [3.05, 3.63) is 0 Å². The summed E-state index contributed by atoms with van der Waals surface area (Å²) in [4.78, 5) is 2.80. The van der Waals surface area contributed by atoms with Gasteiger partial charge in [-0.05, 0) is 56.7 Å². The Bertz CT molecular complexity index is 261. The van der Waals surface area contributed by atoms with Crippen LogP contribution in [0.25, 0.3) is 0 Å². The Kier molecular flexibility index (Phi) is 7.53. The van der Waals surface area contributed by atoms with E-state index in [-0.39, 0.29) is 0 Å². The Balaban J connectivity index is 1.86. The van der Waals surface area contributed by atoms with Crippen molar-refractivity contribution in [1.29, 1.82) is 0 Å². The molecule has 1 saturated carbocycles. The van der Waals surface area contributed by atoms with E-state index in [0.717, 1.165) is 12.5 Å². The molecular formula is C19H38N2. The van der Waals surface area contributed by atoms with Gasteiger partial charge in [-0.1, -0.05) is 52.4 Å². The highest BCUT2D eigenvalue weighted by Crippen LogP contribution is 2.36. The van der Waals surface area contributed by atoms with Crippen LogP contribution in [-0.4, -0.2) is 37.6 Å². The average Bonchev–Trinajstić information content (AvgIpc) is 2.74. The van der Waals surface area contributed by atoms with Crippen LogP contribution in [0.1, 0.15) is 78.1 Å². The first-order valence-electron chi connectivity index (χ1n) is 9.71. The molecule has 2 nitrogen and oxygen atoms in total. The summed E-state index contributed by atoms with van der Waals surface area (Å²) < 4.78 is 0. The van der Waals surface area contributed by atoms with E-state index in [9.17, 15) is 0 Å². The first-order chi connectivity index (χ1) is 10.3. The molecular weight excluding hydrogens is 256 g/mol. The highest BCUT2D eigenvalue weighted by molar-refractivity contribution is 4.88. The van der Waals surface area contributed by atoms with E-state index in [1.54, 1.807) is 0 Å². The summed E-state index contributed by atoms with van der Waals surface area (Å²) in [6.07, 6.45) is 14.5. The zero-order chi connectivity index (χ0) is 15.0. The second kappa shape index (κ2) is 9.15. The number of hydrogen-bond donors (Lipinski definition) is 1. The fourth-order valence-electron chi connectivity index (χ4n) is 4.58. The Morgan fingerprint density at radius 1 is 1.00 bits per heavy atom. The quantitative estimate of drug-likeness (QED) is 0.698. The Morgan fingerprint density at radius 2 is 1.67 bits per heavy atom. The van der Waals surface area contributed by atoms with Crippen LogP contribution < -0.4 is 5.32 Å². The molecule has 1 aliphatic heterocycles. The fourth-order valence-corrected chi connectivity index (χ4v) is 4.58. The number of hydrogen-bond acceptors (Lipinski definition) is 2. The predicted molar refractivity (Wildman–Crippen MR) is 92.8 cm³/mol. The van der Waals surface area contributed by atoms with Crippen LogP contribution >= 0.6 is 0 Å². The lowest BCUT2D eigenvalue weighted by Gasteiger charge is -2.41. The van der Waals surface area contributed by atoms with Crippen LogP contribution in [0.5, 0.6) is 0 Å². The summed E-state index contributed by atoms with van der Waals surface area (Å²) in [5, 5.41) is 3.68. The molecule has 0 aromatic heterocycles. The molecule has 0 amide bonds. The summed E-state index contributed by atoms with van der Waals surface area (Å²) in [6.45, 7) is 11.0. The van der Waals surface area contributed by atoms with Gasteiger partial charge in [-0.25, -0.2) is 0 Å². The smallest absolute Gasteiger partial charge is 0.00501 e. The van der Waals surface area contributed by atoms with Crippen molar-refractivity contribution in [3.8, 4) is 0 Å². The van der Waals surface area contributed by atoms with Gasteiger partial charge < -0.3 is 10.2 Å². The number of rotatable bonds is 7. The molecule has 1 saturated heterocycles. The number of likely N-dealkylation sites (tertiary alicyclic amines) is 1. The summed E-state index contributed by atoms with van der Waals surface area (Å²) in [5.41, 5.74) is 0.574. The highest BCUT2D eigenvalue weighted by atomic mass is 15.1. The van der Waals surface area contributed by atoms with E-state index in [0.29, 0.717) is 5.41 Å². The van der Waals surface area contributed by atoms with Gasteiger partial charge in [0.25, 0.3) is 0 Å². The van der Waals surface area contributed by atoms with Crippen molar-refractivity contribution >= 4 is 0 Å². The van der Waals surface area contributed by atoms with Crippen molar-refractivity contribution < 1.29 is 0 Å². The third-order valence-electron chi connectivity index (χ3n) is 5.88. The zero-order valence-corrected chi connectivity index (χ0v) is 14.6. The molecule has 1 N–H and O–H groups in total. The second-order valence-electron chi connectivity index (χ2n) is 7.70. The van der Waals surface area contributed by atoms with Gasteiger partial charge in [0.2, 0.25) is 0 Å². The van der Waals surface area contributed by atoms with Gasteiger partial charge in [0, 0.05) is 13.1 Å². The Morgan fingerprint density at radius 3 is 2.24 bits per heavy atom. The Hall–Kier alpha value is -0.0800. The average molecular weight is 295 g/mol. The van der Waals surface area contributed by atoms with E-state index >= 15 is 0 Å². The molecule has 1 aliphatic carbocycles. The van der Waals surface area contributed by atoms with E-state index < -0.39 is 0 Å². The normalized spacial score (nSPS) is 24.9. The highest BCUT2D eigenvalue weighted by Gasteiger charge is 2.33. The number of nitrogens with zero attached hydrogens (tertiary/aromatic N) is 1. The van der Waals surface area contributed by atoms with E-state index in [1.165, 1.54) is 90.4 Å². The van der Waals surface area contributed by atoms with Gasteiger partial charge in [-0.15, -0.1) is 0 Å². The largest absolute Gasteiger partial charge is 0.316 e. The first kappa shape index (κ1) is 17.3. The van der Waals surface area contributed by atoms with Crippen molar-refractivity contribution in [2.45, 2.75) is 78.1 Å². The fraction of sp³-hybridized carbons (Fsp3) is 1.00. The van der Waals surface area contributed by atoms with Gasteiger partial charge >= 0.3 is 0 Å². The molecule has 21 heavy (non-hydrogen) atoms. The van der Waals surface area contributed by atoms with Crippen LogP contribution in [0.2, 0.25) is 0 Å². The van der Waals surface area contributed by atoms with E-state index in [1.807, 2.05) is 0 Å². The molecule has 0 spiro atoms. The summed E-state index contributed by atoms with van der Waals surface area (Å²) in [7, 11) is 0. The first-order valence-corrected chi connectivity index (χ1v) is 9.71. The molecule has 2 heteroatoms. The maximum atomic E-state index is 3.68. The lowest BCUT2D eigenvalue weighted by atomic mass is 9.79. The molecule has 0 bridgehead atoms. The van der Waals surface area contributed by atoms with Crippen molar-refractivity contribution in [3.63, 3.8) is 0 Å². The molecule has 2 fully saturated rings. The van der Waals surface area contributed by atoms with Crippen LogP contribution in [-0.2, 0) is 0 Å². The predicted octanol–water partition coefficient (Wildman–Crippen LogP) is 4.45. The van der Waals surface area contributed by atoms with Crippen LogP contribution in [0.3, 0.4) is 0 Å². The van der Waals surface area contributed by atoms with Gasteiger partial charge in [0.05, 0.1) is 0 Å². The molecule has 0 aromatic rings. The lowest BCUT2D eigenvalue weighted by Crippen LogP contribution is -2.46. The standard InChI is InChI=1S/C19H38N2/c1-3-9-18-10-14-21(15-11-18)17-19(16-20-4-2)12-7-5-6-8-13-19/h18,20H,3-17H2,1-2H3. The Labute approximate surface area is 133 Å². The SMILES string of the molecule is CCCC1CCN(CC2(CNCC)CCCCCC2)CC1. The van der Waals surface area contributed by atoms with Crippen molar-refractivity contribution in [2.75, 3.05) is 32.7 Å². The summed E-state index contributed by atoms with van der Waals surface area (Å²) in [5.74, 6) is 1.02. The van der Waals surface area contributed by atoms with Crippen molar-refractivity contribution in [1.82, 2.24) is 10.2 Å². The zero-order valence-electron chi connectivity index (χ0n) is 14.6. The summed E-state index contributed by atoms with van der Waals surface area (Å²) >= 11 is 0. The molecule has 1 heterocycles. The maximum absolute atomic E-state index is 3.68. The maximum Gasteiger partial charge on any atom is 0.00501 e. The van der Waals surface area contributed by atoms with Gasteiger partial charge in [0.15, 0.2) is 0 Å². The van der Waals surface area contributed by atoms with Gasteiger partial charge in [0.1, 0.15) is 0 Å². The minimum atomic E-state index is 0.574.